The van der Waals surface area contributed by atoms with E-state index in [4.69, 9.17) is 0 Å². The molecule has 0 N–H and O–H groups in total. The molecule has 211 valence electrons. The van der Waals surface area contributed by atoms with Gasteiger partial charge in [0.1, 0.15) is 0 Å². The van der Waals surface area contributed by atoms with Gasteiger partial charge in [0, 0.05) is 22.8 Å². The molecule has 2 aromatic rings. The normalized spacial score (nSPS) is 25.8. The third kappa shape index (κ3) is 4.80. The number of hydrogen-bond donors (Lipinski definition) is 0. The SMILES string of the molecule is C=C/C1=C(\C=C/C)[B]C(/C=C\C)=C(/C)N2C(=C/C)/C(=C\C)[B]c3ccccc3C23C(/C=C\C)=C(C)[B]c2ccccc2N13. The highest BCUT2D eigenvalue weighted by atomic mass is 15.4. The Labute approximate surface area is 261 Å². The molecule has 5 heteroatoms. The minimum absolute atomic E-state index is 0.805. The van der Waals surface area contributed by atoms with Crippen LogP contribution in [0, 0.1) is 0 Å². The van der Waals surface area contributed by atoms with E-state index in [2.05, 4.69) is 184 Å². The standard InChI is InChI=1S/C38H40B3N2/c1-9-19-28-26(7)39-34-24-17-18-25-37(34)43-36(14-6)33(21-11-3)41-31(20-10-2)27(8)42-35(13-5)30(12-4)40-32-23-16-15-22-29(32)38(28,42)43/h9-25H,6H2,1-5,7-8H3/b19-9-,20-10-,21-11-,30-12+,31-27-,35-13+,36-33-. The molecule has 3 heterocycles. The predicted octanol–water partition coefficient (Wildman–Crippen LogP) is 7.49. The van der Waals surface area contributed by atoms with Gasteiger partial charge in [0.05, 0.1) is 0 Å². The summed E-state index contributed by atoms with van der Waals surface area (Å²) in [5.41, 5.74) is 13.1. The van der Waals surface area contributed by atoms with Gasteiger partial charge in [-0.05, 0) is 64.8 Å². The predicted molar refractivity (Wildman–Crippen MR) is 190 cm³/mol. The summed E-state index contributed by atoms with van der Waals surface area (Å²) in [5.74, 6) is 0. The van der Waals surface area contributed by atoms with Gasteiger partial charge in [-0.2, -0.15) is 0 Å². The summed E-state index contributed by atoms with van der Waals surface area (Å²) in [6.45, 7) is 19.6. The number of anilines is 1. The van der Waals surface area contributed by atoms with Crippen molar-refractivity contribution in [1.29, 1.82) is 0 Å². The van der Waals surface area contributed by atoms with E-state index >= 15 is 0 Å². The van der Waals surface area contributed by atoms with E-state index < -0.39 is 5.66 Å². The summed E-state index contributed by atoms with van der Waals surface area (Å²) >= 11 is 0. The molecule has 1 atom stereocenters. The van der Waals surface area contributed by atoms with Gasteiger partial charge in [-0.1, -0.05) is 137 Å². The second kappa shape index (κ2) is 12.6. The van der Waals surface area contributed by atoms with Gasteiger partial charge in [-0.25, -0.2) is 0 Å². The van der Waals surface area contributed by atoms with Crippen LogP contribution in [0.5, 0.6) is 0 Å². The topological polar surface area (TPSA) is 6.48 Å². The summed E-state index contributed by atoms with van der Waals surface area (Å²) < 4.78 is 0. The van der Waals surface area contributed by atoms with Crippen molar-refractivity contribution in [3.63, 3.8) is 0 Å². The largest absolute Gasteiger partial charge is 0.315 e. The maximum Gasteiger partial charge on any atom is 0.196 e. The number of nitrogens with zero attached hydrogens (tertiary/aromatic N) is 2. The fourth-order valence-electron chi connectivity index (χ4n) is 6.93. The average molecular weight is 557 g/mol. The Morgan fingerprint density at radius 2 is 1.35 bits per heavy atom. The van der Waals surface area contributed by atoms with Crippen molar-refractivity contribution >= 4 is 38.5 Å². The van der Waals surface area contributed by atoms with Crippen molar-refractivity contribution in [2.24, 2.45) is 0 Å². The molecular formula is C38H40B3N2. The van der Waals surface area contributed by atoms with Gasteiger partial charge in [0.25, 0.3) is 0 Å². The number of hydrogen-bond acceptors (Lipinski definition) is 2. The van der Waals surface area contributed by atoms with Crippen LogP contribution in [0.1, 0.15) is 54.0 Å². The van der Waals surface area contributed by atoms with Gasteiger partial charge < -0.3 is 9.80 Å². The molecule has 3 aliphatic rings. The number of benzene rings is 2. The summed E-state index contributed by atoms with van der Waals surface area (Å²) in [5, 5.41) is 0. The quantitative estimate of drug-likeness (QED) is 0.360. The van der Waals surface area contributed by atoms with Crippen LogP contribution < -0.4 is 15.8 Å². The summed E-state index contributed by atoms with van der Waals surface area (Å²) in [6.07, 6.45) is 19.7. The third-order valence-corrected chi connectivity index (χ3v) is 8.59. The van der Waals surface area contributed by atoms with Crippen molar-refractivity contribution in [2.45, 2.75) is 54.1 Å². The Morgan fingerprint density at radius 3 is 2.00 bits per heavy atom. The van der Waals surface area contributed by atoms with Gasteiger partial charge in [0.15, 0.2) is 27.5 Å². The third-order valence-electron chi connectivity index (χ3n) is 8.59. The van der Waals surface area contributed by atoms with Crippen molar-refractivity contribution in [3.8, 4) is 0 Å². The highest BCUT2D eigenvalue weighted by Crippen LogP contribution is 2.53. The maximum atomic E-state index is 4.46. The lowest BCUT2D eigenvalue weighted by Gasteiger charge is -2.56. The molecule has 2 aromatic carbocycles. The van der Waals surface area contributed by atoms with Gasteiger partial charge in [-0.15, -0.1) is 0 Å². The molecule has 1 unspecified atom stereocenters. The Bertz CT molecular complexity index is 1690. The van der Waals surface area contributed by atoms with Crippen molar-refractivity contribution in [2.75, 3.05) is 4.90 Å². The first-order chi connectivity index (χ1) is 20.9. The molecule has 0 fully saturated rings. The van der Waals surface area contributed by atoms with Gasteiger partial charge in [-0.3, -0.25) is 0 Å². The molecule has 3 radical (unpaired) electrons. The van der Waals surface area contributed by atoms with E-state index in [1.165, 1.54) is 38.7 Å². The van der Waals surface area contributed by atoms with Gasteiger partial charge in [0.2, 0.25) is 0 Å². The first kappa shape index (κ1) is 30.4. The van der Waals surface area contributed by atoms with Crippen molar-refractivity contribution < 1.29 is 0 Å². The lowest BCUT2D eigenvalue weighted by Crippen LogP contribution is -2.60. The lowest BCUT2D eigenvalue weighted by atomic mass is 9.59. The van der Waals surface area contributed by atoms with Crippen LogP contribution in [0.2, 0.25) is 0 Å². The molecule has 1 spiro atoms. The lowest BCUT2D eigenvalue weighted by molar-refractivity contribution is 0.224. The Morgan fingerprint density at radius 1 is 0.698 bits per heavy atom. The van der Waals surface area contributed by atoms with Crippen molar-refractivity contribution in [1.82, 2.24) is 4.90 Å². The molecule has 0 aliphatic carbocycles. The highest BCUT2D eigenvalue weighted by Gasteiger charge is 2.54. The molecule has 0 aromatic heterocycles. The van der Waals surface area contributed by atoms with E-state index in [0.717, 1.165) is 28.0 Å². The zero-order valence-corrected chi connectivity index (χ0v) is 26.6. The Hall–Kier alpha value is -4.11. The van der Waals surface area contributed by atoms with Crippen LogP contribution in [0.4, 0.5) is 5.69 Å². The summed E-state index contributed by atoms with van der Waals surface area (Å²) in [6, 6.07) is 17.7. The number of fused-ring (bicyclic) bond motifs is 3. The minimum Gasteiger partial charge on any atom is -0.315 e. The first-order valence-electron chi connectivity index (χ1n) is 15.3. The maximum absolute atomic E-state index is 4.46. The van der Waals surface area contributed by atoms with Crippen molar-refractivity contribution in [3.05, 3.63) is 160 Å². The molecule has 3 aliphatic heterocycles. The van der Waals surface area contributed by atoms with E-state index in [1.54, 1.807) is 0 Å². The summed E-state index contributed by atoms with van der Waals surface area (Å²) in [4.78, 5) is 5.13. The fraction of sp³-hybridized carbons (Fsp3) is 0.211. The average Bonchev–Trinajstić information content (AvgIpc) is 3.20. The Kier molecular flexibility index (Phi) is 8.92. The van der Waals surface area contributed by atoms with E-state index in [1.807, 2.05) is 6.08 Å². The minimum atomic E-state index is -0.805. The van der Waals surface area contributed by atoms with E-state index in [9.17, 15) is 0 Å². The molecule has 5 rings (SSSR count). The highest BCUT2D eigenvalue weighted by molar-refractivity contribution is 6.64. The monoisotopic (exact) mass is 557 g/mol. The number of para-hydroxylation sites is 1. The smallest absolute Gasteiger partial charge is 0.196 e. The molecular weight excluding hydrogens is 517 g/mol. The second-order valence-corrected chi connectivity index (χ2v) is 11.0. The van der Waals surface area contributed by atoms with Crippen LogP contribution >= 0.6 is 0 Å². The number of rotatable bonds is 4. The van der Waals surface area contributed by atoms with Gasteiger partial charge >= 0.3 is 0 Å². The number of allylic oxidation sites excluding steroid dienone is 13. The molecule has 0 bridgehead atoms. The second-order valence-electron chi connectivity index (χ2n) is 11.0. The summed E-state index contributed by atoms with van der Waals surface area (Å²) in [7, 11) is 7.00. The van der Waals surface area contributed by atoms with Crippen LogP contribution in [-0.4, -0.2) is 26.7 Å². The van der Waals surface area contributed by atoms with E-state index in [0.29, 0.717) is 0 Å². The molecule has 0 amide bonds. The first-order valence-corrected chi connectivity index (χ1v) is 15.3. The van der Waals surface area contributed by atoms with Crippen LogP contribution in [0.25, 0.3) is 0 Å². The van der Waals surface area contributed by atoms with Crippen LogP contribution in [-0.2, 0) is 5.66 Å². The zero-order valence-electron chi connectivity index (χ0n) is 26.6. The fourth-order valence-corrected chi connectivity index (χ4v) is 6.93. The zero-order chi connectivity index (χ0) is 30.7. The molecule has 43 heavy (non-hydrogen) atoms. The Balaban J connectivity index is 2.18. The molecule has 0 saturated carbocycles. The van der Waals surface area contributed by atoms with Crippen LogP contribution in [0.3, 0.4) is 0 Å². The van der Waals surface area contributed by atoms with E-state index in [-0.39, 0.29) is 0 Å². The van der Waals surface area contributed by atoms with Crippen LogP contribution in [0.15, 0.2) is 154 Å². The molecule has 2 nitrogen and oxygen atoms in total. The molecule has 0 saturated heterocycles.